The van der Waals surface area contributed by atoms with Crippen molar-refractivity contribution in [1.82, 2.24) is 10.3 Å². The van der Waals surface area contributed by atoms with Crippen molar-refractivity contribution in [2.75, 3.05) is 5.75 Å². The minimum absolute atomic E-state index is 0.0491. The molecule has 0 aliphatic rings. The van der Waals surface area contributed by atoms with Gasteiger partial charge in [-0.3, -0.25) is 4.79 Å². The SMILES string of the molecule is Cc1cc(C)c(C#N)c(SCC(=O)NC(C)c2ccccc2)n1. The van der Waals surface area contributed by atoms with E-state index in [1.165, 1.54) is 11.8 Å². The Morgan fingerprint density at radius 3 is 2.70 bits per heavy atom. The molecule has 1 heterocycles. The third-order valence-corrected chi connectivity index (χ3v) is 4.42. The summed E-state index contributed by atoms with van der Waals surface area (Å²) in [4.78, 5) is 16.5. The van der Waals surface area contributed by atoms with Gasteiger partial charge in [-0.2, -0.15) is 5.26 Å². The van der Waals surface area contributed by atoms with Gasteiger partial charge in [0.2, 0.25) is 5.91 Å². The summed E-state index contributed by atoms with van der Waals surface area (Å²) in [6.07, 6.45) is 0. The Bertz CT molecular complexity index is 738. The molecule has 0 radical (unpaired) electrons. The number of hydrogen-bond donors (Lipinski definition) is 1. The van der Waals surface area contributed by atoms with Crippen LogP contribution in [-0.2, 0) is 4.79 Å². The molecule has 0 saturated carbocycles. The monoisotopic (exact) mass is 325 g/mol. The molecule has 1 N–H and O–H groups in total. The van der Waals surface area contributed by atoms with Gasteiger partial charge in [0.1, 0.15) is 11.1 Å². The van der Waals surface area contributed by atoms with E-state index in [0.29, 0.717) is 10.6 Å². The van der Waals surface area contributed by atoms with Gasteiger partial charge < -0.3 is 5.32 Å². The molecule has 1 amide bonds. The molecule has 0 spiro atoms. The molecule has 4 nitrogen and oxygen atoms in total. The van der Waals surface area contributed by atoms with E-state index < -0.39 is 0 Å². The highest BCUT2D eigenvalue weighted by molar-refractivity contribution is 8.00. The third-order valence-electron chi connectivity index (χ3n) is 3.44. The smallest absolute Gasteiger partial charge is 0.230 e. The van der Waals surface area contributed by atoms with Gasteiger partial charge in [0.15, 0.2) is 0 Å². The number of nitrogens with zero attached hydrogens (tertiary/aromatic N) is 2. The minimum atomic E-state index is -0.0730. The Hall–Kier alpha value is -2.32. The quantitative estimate of drug-likeness (QED) is 0.854. The molecule has 2 aromatic rings. The van der Waals surface area contributed by atoms with Crippen LogP contribution < -0.4 is 5.32 Å². The summed E-state index contributed by atoms with van der Waals surface area (Å²) in [6.45, 7) is 5.72. The highest BCUT2D eigenvalue weighted by Gasteiger charge is 2.13. The summed E-state index contributed by atoms with van der Waals surface area (Å²) in [6, 6.07) is 13.8. The van der Waals surface area contributed by atoms with Crippen molar-refractivity contribution in [1.29, 1.82) is 5.26 Å². The average Bonchev–Trinajstić information content (AvgIpc) is 2.53. The van der Waals surface area contributed by atoms with Gasteiger partial charge in [0, 0.05) is 5.69 Å². The van der Waals surface area contributed by atoms with Crippen LogP contribution in [0.5, 0.6) is 0 Å². The lowest BCUT2D eigenvalue weighted by atomic mass is 10.1. The molecular weight excluding hydrogens is 306 g/mol. The largest absolute Gasteiger partial charge is 0.349 e. The summed E-state index contributed by atoms with van der Waals surface area (Å²) < 4.78 is 0. The van der Waals surface area contributed by atoms with Gasteiger partial charge in [-0.15, -0.1) is 0 Å². The second kappa shape index (κ2) is 7.80. The van der Waals surface area contributed by atoms with Gasteiger partial charge in [-0.05, 0) is 38.0 Å². The zero-order chi connectivity index (χ0) is 16.8. The van der Waals surface area contributed by atoms with Crippen LogP contribution >= 0.6 is 11.8 Å². The van der Waals surface area contributed by atoms with Crippen molar-refractivity contribution >= 4 is 17.7 Å². The summed E-state index contributed by atoms with van der Waals surface area (Å²) in [7, 11) is 0. The molecule has 0 fully saturated rings. The molecule has 1 unspecified atom stereocenters. The van der Waals surface area contributed by atoms with Crippen LogP contribution in [0.1, 0.15) is 35.3 Å². The predicted molar refractivity (Wildman–Crippen MR) is 92.1 cm³/mol. The fourth-order valence-electron chi connectivity index (χ4n) is 2.29. The van der Waals surface area contributed by atoms with Crippen molar-refractivity contribution in [3.8, 4) is 6.07 Å². The molecule has 118 valence electrons. The number of aryl methyl sites for hydroxylation is 2. The number of amides is 1. The maximum absolute atomic E-state index is 12.1. The van der Waals surface area contributed by atoms with Crippen LogP contribution in [0.15, 0.2) is 41.4 Å². The average molecular weight is 325 g/mol. The zero-order valence-corrected chi connectivity index (χ0v) is 14.3. The summed E-state index contributed by atoms with van der Waals surface area (Å²) in [5, 5.41) is 12.8. The fourth-order valence-corrected chi connectivity index (χ4v) is 3.20. The van der Waals surface area contributed by atoms with Crippen molar-refractivity contribution in [3.05, 3.63) is 58.8 Å². The van der Waals surface area contributed by atoms with Crippen molar-refractivity contribution in [2.24, 2.45) is 0 Å². The number of nitriles is 1. The number of hydrogen-bond acceptors (Lipinski definition) is 4. The van der Waals surface area contributed by atoms with Crippen molar-refractivity contribution in [3.63, 3.8) is 0 Å². The van der Waals surface area contributed by atoms with E-state index >= 15 is 0 Å². The summed E-state index contributed by atoms with van der Waals surface area (Å²) in [5.74, 6) is 0.165. The van der Waals surface area contributed by atoms with E-state index in [1.807, 2.05) is 57.2 Å². The molecule has 1 atom stereocenters. The number of carbonyl (C=O) groups excluding carboxylic acids is 1. The molecule has 23 heavy (non-hydrogen) atoms. The first kappa shape index (κ1) is 17.0. The van der Waals surface area contributed by atoms with Crippen LogP contribution in [0.2, 0.25) is 0 Å². The van der Waals surface area contributed by atoms with Crippen LogP contribution in [0, 0.1) is 25.2 Å². The number of pyridine rings is 1. The molecule has 1 aromatic heterocycles. The van der Waals surface area contributed by atoms with Crippen LogP contribution in [0.25, 0.3) is 0 Å². The van der Waals surface area contributed by atoms with Crippen LogP contribution in [-0.4, -0.2) is 16.6 Å². The highest BCUT2D eigenvalue weighted by atomic mass is 32.2. The topological polar surface area (TPSA) is 65.8 Å². The van der Waals surface area contributed by atoms with Crippen molar-refractivity contribution < 1.29 is 4.79 Å². The Morgan fingerprint density at radius 2 is 2.04 bits per heavy atom. The molecule has 0 bridgehead atoms. The second-order valence-corrected chi connectivity index (χ2v) is 6.33. The lowest BCUT2D eigenvalue weighted by Gasteiger charge is -2.14. The second-order valence-electron chi connectivity index (χ2n) is 5.36. The number of nitrogens with one attached hydrogen (secondary N) is 1. The normalized spacial score (nSPS) is 11.6. The van der Waals surface area contributed by atoms with E-state index in [0.717, 1.165) is 16.8 Å². The molecule has 5 heteroatoms. The maximum Gasteiger partial charge on any atom is 0.230 e. The summed E-state index contributed by atoms with van der Waals surface area (Å²) >= 11 is 1.30. The fraction of sp³-hybridized carbons (Fsp3) is 0.278. The van der Waals surface area contributed by atoms with E-state index in [-0.39, 0.29) is 17.7 Å². The standard InChI is InChI=1S/C18H19N3OS/c1-12-9-13(2)20-18(16(12)10-19)23-11-17(22)21-14(3)15-7-5-4-6-8-15/h4-9,14H,11H2,1-3H3,(H,21,22). The first-order valence-electron chi connectivity index (χ1n) is 7.36. The third kappa shape index (κ3) is 4.57. The zero-order valence-electron chi connectivity index (χ0n) is 13.5. The number of rotatable bonds is 5. The molecule has 0 aliphatic carbocycles. The van der Waals surface area contributed by atoms with E-state index in [9.17, 15) is 10.1 Å². The van der Waals surface area contributed by atoms with Gasteiger partial charge in [-0.25, -0.2) is 4.98 Å². The molecule has 1 aromatic carbocycles. The Balaban J connectivity index is 1.99. The molecule has 0 saturated heterocycles. The predicted octanol–water partition coefficient (Wildman–Crippen LogP) is 3.54. The molecule has 0 aliphatic heterocycles. The Labute approximate surface area is 140 Å². The highest BCUT2D eigenvalue weighted by Crippen LogP contribution is 2.23. The Kier molecular flexibility index (Phi) is 5.78. The van der Waals surface area contributed by atoms with E-state index in [2.05, 4.69) is 16.4 Å². The minimum Gasteiger partial charge on any atom is -0.349 e. The van der Waals surface area contributed by atoms with Crippen LogP contribution in [0.4, 0.5) is 0 Å². The maximum atomic E-state index is 12.1. The summed E-state index contributed by atoms with van der Waals surface area (Å²) in [5.41, 5.74) is 3.35. The lowest BCUT2D eigenvalue weighted by Crippen LogP contribution is -2.28. The number of carbonyl (C=O) groups is 1. The Morgan fingerprint density at radius 1 is 1.35 bits per heavy atom. The first-order chi connectivity index (χ1) is 11.0. The van der Waals surface area contributed by atoms with Crippen molar-refractivity contribution in [2.45, 2.75) is 31.8 Å². The van der Waals surface area contributed by atoms with Gasteiger partial charge in [0.25, 0.3) is 0 Å². The van der Waals surface area contributed by atoms with Gasteiger partial charge in [-0.1, -0.05) is 42.1 Å². The first-order valence-corrected chi connectivity index (χ1v) is 8.35. The van der Waals surface area contributed by atoms with Crippen LogP contribution in [0.3, 0.4) is 0 Å². The molecule has 2 rings (SSSR count). The lowest BCUT2D eigenvalue weighted by molar-refractivity contribution is -0.119. The number of benzene rings is 1. The van der Waals surface area contributed by atoms with Gasteiger partial charge >= 0.3 is 0 Å². The van der Waals surface area contributed by atoms with E-state index in [1.54, 1.807) is 0 Å². The van der Waals surface area contributed by atoms with E-state index in [4.69, 9.17) is 0 Å². The number of thioether (sulfide) groups is 1. The van der Waals surface area contributed by atoms with Gasteiger partial charge in [0.05, 0.1) is 17.4 Å². The molecular formula is C18H19N3OS. The number of aromatic nitrogens is 1.